The highest BCUT2D eigenvalue weighted by atomic mass is 16.4. The van der Waals surface area contributed by atoms with E-state index in [4.69, 9.17) is 10.8 Å². The largest absolute Gasteiger partial charge is 0.480 e. The normalized spacial score (nSPS) is 15.2. The van der Waals surface area contributed by atoms with Gasteiger partial charge in [0.25, 0.3) is 0 Å². The predicted octanol–water partition coefficient (Wildman–Crippen LogP) is -0.598. The molecule has 0 aromatic carbocycles. The number of rotatable bonds is 12. The minimum atomic E-state index is -1.17. The van der Waals surface area contributed by atoms with Crippen molar-refractivity contribution < 1.29 is 24.3 Å². The van der Waals surface area contributed by atoms with Crippen LogP contribution in [-0.2, 0) is 19.2 Å². The zero-order valence-electron chi connectivity index (χ0n) is 16.8. The zero-order chi connectivity index (χ0) is 21.9. The molecule has 3 amide bonds. The van der Waals surface area contributed by atoms with Crippen LogP contribution in [0.3, 0.4) is 0 Å². The van der Waals surface area contributed by atoms with Crippen LogP contribution in [0.25, 0.3) is 0 Å². The van der Waals surface area contributed by atoms with Crippen molar-refractivity contribution in [3.8, 4) is 0 Å². The van der Waals surface area contributed by atoms with E-state index in [1.54, 1.807) is 6.92 Å². The van der Waals surface area contributed by atoms with Gasteiger partial charge in [-0.25, -0.2) is 0 Å². The predicted molar refractivity (Wildman–Crippen MR) is 105 cm³/mol. The zero-order valence-corrected chi connectivity index (χ0v) is 16.8. The van der Waals surface area contributed by atoms with Crippen molar-refractivity contribution >= 4 is 29.9 Å². The summed E-state index contributed by atoms with van der Waals surface area (Å²) in [5.74, 6) is -3.20. The van der Waals surface area contributed by atoms with Crippen LogP contribution in [0.5, 0.6) is 0 Å². The van der Waals surface area contributed by atoms with Gasteiger partial charge >= 0.3 is 5.97 Å². The smallest absolute Gasteiger partial charge is 0.325 e. The summed E-state index contributed by atoms with van der Waals surface area (Å²) in [7, 11) is 0. The number of carbonyl (C=O) groups is 4. The Bertz CT molecular complexity index is 617. The number of nitrogens with one attached hydrogen (secondary N) is 3. The second-order valence-corrected chi connectivity index (χ2v) is 6.61. The Balaban J connectivity index is 4.78. The molecule has 10 nitrogen and oxygen atoms in total. The number of hydrogen-bond donors (Lipinski definition) is 5. The molecule has 0 aliphatic carbocycles. The van der Waals surface area contributed by atoms with E-state index in [1.165, 1.54) is 13.1 Å². The maximum atomic E-state index is 12.4. The molecule has 0 heterocycles. The van der Waals surface area contributed by atoms with Gasteiger partial charge in [-0.05, 0) is 19.8 Å². The van der Waals surface area contributed by atoms with Gasteiger partial charge in [0.2, 0.25) is 17.7 Å². The number of amides is 3. The molecule has 0 aromatic rings. The van der Waals surface area contributed by atoms with E-state index in [9.17, 15) is 19.2 Å². The van der Waals surface area contributed by atoms with Crippen molar-refractivity contribution in [2.45, 2.75) is 46.2 Å². The van der Waals surface area contributed by atoms with E-state index in [0.717, 1.165) is 0 Å². The topological polar surface area (TPSA) is 163 Å². The van der Waals surface area contributed by atoms with Crippen LogP contribution in [0, 0.1) is 11.8 Å². The lowest BCUT2D eigenvalue weighted by atomic mass is 9.92. The molecule has 0 aromatic heterocycles. The average molecular weight is 397 g/mol. The fourth-order valence-corrected chi connectivity index (χ4v) is 1.95. The minimum Gasteiger partial charge on any atom is -0.480 e. The van der Waals surface area contributed by atoms with Crippen molar-refractivity contribution in [1.82, 2.24) is 16.0 Å². The van der Waals surface area contributed by atoms with E-state index in [-0.39, 0.29) is 24.9 Å². The minimum absolute atomic E-state index is 0.0591. The number of nitrogens with zero attached hydrogens (tertiary/aromatic N) is 1. The molecule has 0 saturated carbocycles. The SMILES string of the molecule is C=C(CNC(=O)[C@H](C)N)N=CC(C(=O)NCC(=O)N[C@@H](C)C(=O)O)[C@@H](C)CC. The Kier molecular flexibility index (Phi) is 11.4. The third kappa shape index (κ3) is 9.81. The van der Waals surface area contributed by atoms with Crippen LogP contribution in [0.4, 0.5) is 0 Å². The first-order chi connectivity index (χ1) is 13.0. The standard InChI is InChI=1S/C18H31N5O5/c1-6-10(2)14(8-20-11(3)7-21-16(25)12(4)19)17(26)22-9-15(24)23-13(5)18(27)28/h8,10,12-14H,3,6-7,9,19H2,1-2,4-5H3,(H,21,25)(H,22,26)(H,23,24)(H,27,28)/t10-,12-,13-,14?/m0/s1. The van der Waals surface area contributed by atoms with Gasteiger partial charge in [0.1, 0.15) is 6.04 Å². The van der Waals surface area contributed by atoms with Crippen molar-refractivity contribution in [3.05, 3.63) is 12.3 Å². The fraction of sp³-hybridized carbons (Fsp3) is 0.611. The molecule has 1 unspecified atom stereocenters. The van der Waals surface area contributed by atoms with Crippen LogP contribution >= 0.6 is 0 Å². The molecule has 0 aliphatic heterocycles. The molecular formula is C18H31N5O5. The monoisotopic (exact) mass is 397 g/mol. The first kappa shape index (κ1) is 25.2. The van der Waals surface area contributed by atoms with Crippen LogP contribution in [0.1, 0.15) is 34.1 Å². The quantitative estimate of drug-likeness (QED) is 0.276. The first-order valence-electron chi connectivity index (χ1n) is 9.04. The van der Waals surface area contributed by atoms with Gasteiger partial charge in [-0.2, -0.15) is 0 Å². The summed E-state index contributed by atoms with van der Waals surface area (Å²) in [5.41, 5.74) is 5.80. The first-order valence-corrected chi connectivity index (χ1v) is 9.04. The van der Waals surface area contributed by atoms with Gasteiger partial charge in [0, 0.05) is 6.21 Å². The highest BCUT2D eigenvalue weighted by Gasteiger charge is 2.23. The Morgan fingerprint density at radius 2 is 1.68 bits per heavy atom. The summed E-state index contributed by atoms with van der Waals surface area (Å²) in [6.45, 7) is 10.1. The lowest BCUT2D eigenvalue weighted by Gasteiger charge is -2.19. The Hall–Kier alpha value is -2.75. The molecular weight excluding hydrogens is 366 g/mol. The third-order valence-corrected chi connectivity index (χ3v) is 4.03. The van der Waals surface area contributed by atoms with Crippen LogP contribution < -0.4 is 21.7 Å². The fourth-order valence-electron chi connectivity index (χ4n) is 1.95. The molecule has 0 saturated heterocycles. The molecule has 0 aliphatic rings. The van der Waals surface area contributed by atoms with Crippen molar-refractivity contribution in [2.75, 3.05) is 13.1 Å². The van der Waals surface area contributed by atoms with Crippen molar-refractivity contribution in [3.63, 3.8) is 0 Å². The summed E-state index contributed by atoms with van der Waals surface area (Å²) in [5, 5.41) is 16.1. The number of carbonyl (C=O) groups excluding carboxylic acids is 3. The van der Waals surface area contributed by atoms with Crippen molar-refractivity contribution in [2.24, 2.45) is 22.6 Å². The van der Waals surface area contributed by atoms with E-state index < -0.39 is 35.8 Å². The summed E-state index contributed by atoms with van der Waals surface area (Å²) < 4.78 is 0. The number of carboxylic acid groups (broad SMARTS) is 1. The molecule has 0 bridgehead atoms. The Morgan fingerprint density at radius 1 is 1.11 bits per heavy atom. The molecule has 0 spiro atoms. The second-order valence-electron chi connectivity index (χ2n) is 6.61. The molecule has 10 heteroatoms. The summed E-state index contributed by atoms with van der Waals surface area (Å²) >= 11 is 0. The van der Waals surface area contributed by atoms with Gasteiger partial charge in [-0.3, -0.25) is 24.2 Å². The molecule has 4 atom stereocenters. The van der Waals surface area contributed by atoms with Gasteiger partial charge in [0.15, 0.2) is 0 Å². The molecule has 6 N–H and O–H groups in total. The Labute approximate surface area is 165 Å². The number of aliphatic imine (C=N–C) groups is 1. The van der Waals surface area contributed by atoms with Gasteiger partial charge in [0.05, 0.1) is 30.7 Å². The molecule has 28 heavy (non-hydrogen) atoms. The summed E-state index contributed by atoms with van der Waals surface area (Å²) in [6, 6.07) is -1.70. The van der Waals surface area contributed by atoms with E-state index in [0.29, 0.717) is 12.1 Å². The van der Waals surface area contributed by atoms with E-state index in [2.05, 4.69) is 27.5 Å². The number of hydrogen-bond acceptors (Lipinski definition) is 6. The van der Waals surface area contributed by atoms with E-state index in [1.807, 2.05) is 13.8 Å². The maximum absolute atomic E-state index is 12.4. The van der Waals surface area contributed by atoms with Crippen LogP contribution in [0.15, 0.2) is 17.3 Å². The average Bonchev–Trinajstić information content (AvgIpc) is 2.63. The lowest BCUT2D eigenvalue weighted by Crippen LogP contribution is -2.45. The van der Waals surface area contributed by atoms with Gasteiger partial charge < -0.3 is 26.8 Å². The summed E-state index contributed by atoms with van der Waals surface area (Å²) in [6.07, 6.45) is 2.13. The molecule has 0 rings (SSSR count). The van der Waals surface area contributed by atoms with E-state index >= 15 is 0 Å². The van der Waals surface area contributed by atoms with Gasteiger partial charge in [-0.15, -0.1) is 0 Å². The number of nitrogens with two attached hydrogens (primary N) is 1. The maximum Gasteiger partial charge on any atom is 0.325 e. The summed E-state index contributed by atoms with van der Waals surface area (Å²) in [4.78, 5) is 50.4. The molecule has 0 radical (unpaired) electrons. The second kappa shape index (κ2) is 12.6. The number of aliphatic carboxylic acids is 1. The molecule has 0 fully saturated rings. The molecule has 158 valence electrons. The third-order valence-electron chi connectivity index (χ3n) is 4.03. The Morgan fingerprint density at radius 3 is 2.18 bits per heavy atom. The highest BCUT2D eigenvalue weighted by molar-refractivity contribution is 5.96. The van der Waals surface area contributed by atoms with Crippen LogP contribution in [0.2, 0.25) is 0 Å². The number of carboxylic acids is 1. The van der Waals surface area contributed by atoms with Gasteiger partial charge in [-0.1, -0.05) is 26.8 Å². The lowest BCUT2D eigenvalue weighted by molar-refractivity contribution is -0.141. The van der Waals surface area contributed by atoms with Crippen LogP contribution in [-0.4, -0.2) is 60.2 Å². The highest BCUT2D eigenvalue weighted by Crippen LogP contribution is 2.14. The van der Waals surface area contributed by atoms with Crippen molar-refractivity contribution in [1.29, 1.82) is 0 Å².